The van der Waals surface area contributed by atoms with Crippen LogP contribution in [-0.2, 0) is 33.0 Å². The van der Waals surface area contributed by atoms with Gasteiger partial charge in [-0.25, -0.2) is 21.7 Å². The normalized spacial score (nSPS) is 17.5. The standard InChI is InChI=1S/C14H21BrClNOS.C14H19BrClNOS.C14H20BrNOS/c2*1-14(2,3)19(18)17-13(5-4-10-16)11-6-8-12(15)9-7-11;1-14(2,3)18(17)16-10-4-5-13(16)11-6-8-12(15)9-7-11/h6-9,13,17H,4-5,10H2,1-3H3;6-9H,4-5,10H2,1-3H3;6-9,13H,4-5,10H2,1-3H3/t13-,19+;19-;13-,18+/m101/s1. The zero-order valence-electron chi connectivity index (χ0n) is 34.2. The van der Waals surface area contributed by atoms with E-state index in [4.69, 9.17) is 23.2 Å². The Morgan fingerprint density at radius 3 is 1.71 bits per heavy atom. The van der Waals surface area contributed by atoms with Crippen LogP contribution in [0.1, 0.15) is 130 Å². The third-order valence-corrected chi connectivity index (χ3v) is 15.4. The Kier molecular flexibility index (Phi) is 23.0. The molecule has 0 radical (unpaired) electrons. The van der Waals surface area contributed by atoms with E-state index in [0.717, 1.165) is 75.3 Å². The van der Waals surface area contributed by atoms with Gasteiger partial charge >= 0.3 is 0 Å². The summed E-state index contributed by atoms with van der Waals surface area (Å²) in [6, 6.07) is 24.8. The van der Waals surface area contributed by atoms with Crippen LogP contribution in [0, 0.1) is 0 Å². The fraction of sp³-hybridized carbons (Fsp3) is 0.548. The van der Waals surface area contributed by atoms with Gasteiger partial charge < -0.3 is 0 Å². The monoisotopic (exact) mass is 1060 g/mol. The Morgan fingerprint density at radius 1 is 0.750 bits per heavy atom. The minimum absolute atomic E-state index is 0.0758. The van der Waals surface area contributed by atoms with Gasteiger partial charge in [-0.2, -0.15) is 4.40 Å². The largest absolute Gasteiger partial charge is 0.242 e. The predicted molar refractivity (Wildman–Crippen MR) is 257 cm³/mol. The van der Waals surface area contributed by atoms with E-state index in [1.54, 1.807) is 0 Å². The third kappa shape index (κ3) is 18.5. The lowest BCUT2D eigenvalue weighted by molar-refractivity contribution is 0.416. The average molecular weight is 1060 g/mol. The van der Waals surface area contributed by atoms with Crippen LogP contribution in [0.15, 0.2) is 90.6 Å². The van der Waals surface area contributed by atoms with Crippen LogP contribution in [0.2, 0.25) is 0 Å². The molecule has 1 aliphatic heterocycles. The first-order chi connectivity index (χ1) is 26.1. The molecule has 1 heterocycles. The molecule has 0 saturated carbocycles. The first kappa shape index (κ1) is 51.9. The van der Waals surface area contributed by atoms with Gasteiger partial charge in [0.2, 0.25) is 0 Å². The molecule has 1 fully saturated rings. The van der Waals surface area contributed by atoms with Gasteiger partial charge in [-0.15, -0.1) is 23.2 Å². The maximum atomic E-state index is 12.5. The summed E-state index contributed by atoms with van der Waals surface area (Å²) in [4.78, 5) is 0. The number of rotatable bonds is 13. The summed E-state index contributed by atoms with van der Waals surface area (Å²) in [6.45, 7) is 18.7. The van der Waals surface area contributed by atoms with E-state index >= 15 is 0 Å². The lowest BCUT2D eigenvalue weighted by Gasteiger charge is -2.30. The Balaban J connectivity index is 0.000000290. The minimum atomic E-state index is -1.24. The first-order valence-electron chi connectivity index (χ1n) is 18.8. The minimum Gasteiger partial charge on any atom is -0.242 e. The topological polar surface area (TPSA) is 78.8 Å². The van der Waals surface area contributed by atoms with Gasteiger partial charge in [0.25, 0.3) is 0 Å². The zero-order chi connectivity index (χ0) is 42.3. The van der Waals surface area contributed by atoms with Gasteiger partial charge in [0, 0.05) is 43.8 Å². The summed E-state index contributed by atoms with van der Waals surface area (Å²) in [6.07, 6.45) is 5.58. The molecule has 0 bridgehead atoms. The van der Waals surface area contributed by atoms with Gasteiger partial charge in [0.1, 0.15) is 22.0 Å². The van der Waals surface area contributed by atoms with E-state index in [-0.39, 0.29) is 20.3 Å². The van der Waals surface area contributed by atoms with E-state index < -0.39 is 33.0 Å². The van der Waals surface area contributed by atoms with Crippen molar-refractivity contribution in [3.05, 3.63) is 103 Å². The molecule has 14 heteroatoms. The predicted octanol–water partition coefficient (Wildman–Crippen LogP) is 13.3. The quantitative estimate of drug-likeness (QED) is 0.137. The van der Waals surface area contributed by atoms with Gasteiger partial charge in [-0.3, -0.25) is 0 Å². The van der Waals surface area contributed by atoms with Crippen molar-refractivity contribution in [2.24, 2.45) is 4.40 Å². The SMILES string of the molecule is CC(C)(C)[S@](=O)N1CCC[C@@H]1c1ccc(Br)cc1.CC(C)(C)[S@](=O)N=C(CCCCl)c1ccc(Br)cc1.CC(C)(C)[S@](=O)N[C@H](CCCCl)c1ccc(Br)cc1. The van der Waals surface area contributed by atoms with Gasteiger partial charge in [0.15, 0.2) is 0 Å². The van der Waals surface area contributed by atoms with Crippen LogP contribution in [0.25, 0.3) is 0 Å². The molecule has 1 N–H and O–H groups in total. The fourth-order valence-corrected chi connectivity index (χ4v) is 9.31. The molecule has 1 aliphatic rings. The van der Waals surface area contributed by atoms with Gasteiger partial charge in [0.05, 0.1) is 30.9 Å². The second kappa shape index (κ2) is 24.8. The van der Waals surface area contributed by atoms with E-state index in [0.29, 0.717) is 17.8 Å². The van der Waals surface area contributed by atoms with Crippen molar-refractivity contribution >= 4 is 110 Å². The van der Waals surface area contributed by atoms with Crippen molar-refractivity contribution < 1.29 is 12.6 Å². The summed E-state index contributed by atoms with van der Waals surface area (Å²) in [5.41, 5.74) is 4.28. The molecule has 4 rings (SSSR count). The highest BCUT2D eigenvalue weighted by atomic mass is 79.9. The zero-order valence-corrected chi connectivity index (χ0v) is 42.9. The Morgan fingerprint density at radius 2 is 1.25 bits per heavy atom. The molecule has 0 spiro atoms. The molecule has 3 aromatic rings. The Bertz CT molecular complexity index is 1730. The highest BCUT2D eigenvalue weighted by molar-refractivity contribution is 9.11. The summed E-state index contributed by atoms with van der Waals surface area (Å²) in [5, 5.41) is 0. The highest BCUT2D eigenvalue weighted by Gasteiger charge is 2.35. The van der Waals surface area contributed by atoms with Crippen molar-refractivity contribution in [2.45, 2.75) is 127 Å². The molecule has 6 nitrogen and oxygen atoms in total. The van der Waals surface area contributed by atoms with Crippen molar-refractivity contribution in [1.29, 1.82) is 0 Å². The number of benzene rings is 3. The maximum Gasteiger partial charge on any atom is 0.145 e. The Hall–Kier alpha value is -0.280. The number of halogens is 5. The van der Waals surface area contributed by atoms with Crippen molar-refractivity contribution in [3.63, 3.8) is 0 Å². The van der Waals surface area contributed by atoms with Crippen LogP contribution < -0.4 is 4.72 Å². The third-order valence-electron chi connectivity index (χ3n) is 8.34. The summed E-state index contributed by atoms with van der Waals surface area (Å²) < 4.78 is 49.1. The van der Waals surface area contributed by atoms with Crippen LogP contribution in [0.5, 0.6) is 0 Å². The summed E-state index contributed by atoms with van der Waals surface area (Å²) in [5.74, 6) is 1.20. The van der Waals surface area contributed by atoms with E-state index in [1.165, 1.54) is 5.56 Å². The first-order valence-corrected chi connectivity index (χ1v) is 25.6. The molecule has 0 aromatic heterocycles. The lowest BCUT2D eigenvalue weighted by atomic mass is 10.0. The van der Waals surface area contributed by atoms with Crippen LogP contribution in [0.3, 0.4) is 0 Å². The van der Waals surface area contributed by atoms with Crippen molar-refractivity contribution in [1.82, 2.24) is 9.03 Å². The van der Waals surface area contributed by atoms with Gasteiger partial charge in [-0.05, 0) is 154 Å². The van der Waals surface area contributed by atoms with Crippen LogP contribution in [0.4, 0.5) is 0 Å². The second-order valence-corrected chi connectivity index (χ2v) is 25.9. The van der Waals surface area contributed by atoms with Crippen molar-refractivity contribution in [2.75, 3.05) is 18.3 Å². The molecule has 5 atom stereocenters. The molecular formula is C42H60Br3Cl2N3O3S3. The number of alkyl halides is 2. The molecule has 314 valence electrons. The van der Waals surface area contributed by atoms with Crippen molar-refractivity contribution in [3.8, 4) is 0 Å². The van der Waals surface area contributed by atoms with E-state index in [9.17, 15) is 12.6 Å². The molecule has 0 amide bonds. The molecule has 0 aliphatic carbocycles. The maximum absolute atomic E-state index is 12.5. The molecule has 1 saturated heterocycles. The molecule has 3 aromatic carbocycles. The average Bonchev–Trinajstić information content (AvgIpc) is 3.61. The fourth-order valence-electron chi connectivity index (χ4n) is 5.24. The lowest BCUT2D eigenvalue weighted by Crippen LogP contribution is -2.37. The summed E-state index contributed by atoms with van der Waals surface area (Å²) >= 11 is 21.8. The van der Waals surface area contributed by atoms with Gasteiger partial charge in [-0.1, -0.05) is 84.2 Å². The van der Waals surface area contributed by atoms with E-state index in [2.05, 4.69) is 97.6 Å². The Labute approximate surface area is 380 Å². The number of nitrogens with zero attached hydrogens (tertiary/aromatic N) is 2. The second-order valence-electron chi connectivity index (χ2n) is 16.3. The smallest absolute Gasteiger partial charge is 0.145 e. The highest BCUT2D eigenvalue weighted by Crippen LogP contribution is 2.36. The van der Waals surface area contributed by atoms with Crippen LogP contribution >= 0.6 is 71.0 Å². The summed E-state index contributed by atoms with van der Waals surface area (Å²) in [7, 11) is -3.25. The van der Waals surface area contributed by atoms with E-state index in [1.807, 2.05) is 98.7 Å². The molecule has 56 heavy (non-hydrogen) atoms. The molecule has 0 unspecified atom stereocenters. The number of hydrogen-bond donors (Lipinski definition) is 1. The number of nitrogens with one attached hydrogen (secondary N) is 1. The molecular weight excluding hydrogens is 1000 g/mol. The van der Waals surface area contributed by atoms with Crippen LogP contribution in [-0.4, -0.2) is 55.2 Å². The number of hydrogen-bond acceptors (Lipinski definition) is 3.